The lowest BCUT2D eigenvalue weighted by Gasteiger charge is -2.29. The van der Waals surface area contributed by atoms with Gasteiger partial charge in [0.15, 0.2) is 11.4 Å². The van der Waals surface area contributed by atoms with Gasteiger partial charge in [-0.25, -0.2) is 17.6 Å². The molecule has 0 spiro atoms. The van der Waals surface area contributed by atoms with E-state index in [-0.39, 0.29) is 12.9 Å². The monoisotopic (exact) mass is 268 g/mol. The molecule has 1 aliphatic rings. The Kier molecular flexibility index (Phi) is 4.80. The third-order valence-corrected chi connectivity index (χ3v) is 2.64. The van der Waals surface area contributed by atoms with Gasteiger partial charge in [-0.1, -0.05) is 13.3 Å². The van der Waals surface area contributed by atoms with Crippen LogP contribution >= 0.6 is 0 Å². The first-order chi connectivity index (χ1) is 8.49. The van der Waals surface area contributed by atoms with E-state index in [1.165, 1.54) is 0 Å². The van der Waals surface area contributed by atoms with Crippen LogP contribution in [0.5, 0.6) is 0 Å². The highest BCUT2D eigenvalue weighted by molar-refractivity contribution is 6.20. The van der Waals surface area contributed by atoms with Crippen LogP contribution in [0.3, 0.4) is 0 Å². The highest BCUT2D eigenvalue weighted by atomic mass is 19.3. The first kappa shape index (κ1) is 14.6. The fourth-order valence-corrected chi connectivity index (χ4v) is 1.78. The second-order valence-electron chi connectivity index (χ2n) is 3.72. The minimum atomic E-state index is -3.11. The minimum absolute atomic E-state index is 0.128. The number of alkyl halides is 4. The summed E-state index contributed by atoms with van der Waals surface area (Å²) < 4.78 is 55.6. The van der Waals surface area contributed by atoms with Crippen molar-refractivity contribution in [3.63, 3.8) is 0 Å². The van der Waals surface area contributed by atoms with Crippen LogP contribution in [0, 0.1) is 0 Å². The molecule has 0 radical (unpaired) electrons. The summed E-state index contributed by atoms with van der Waals surface area (Å²) in [5.74, 6) is 0. The second-order valence-corrected chi connectivity index (χ2v) is 3.72. The van der Waals surface area contributed by atoms with Gasteiger partial charge < -0.3 is 4.74 Å². The zero-order valence-corrected chi connectivity index (χ0v) is 9.58. The van der Waals surface area contributed by atoms with E-state index in [1.807, 2.05) is 0 Å². The van der Waals surface area contributed by atoms with Gasteiger partial charge in [0.05, 0.1) is 0 Å². The summed E-state index contributed by atoms with van der Waals surface area (Å²) in [6, 6.07) is 0. The number of ether oxygens (including phenoxy) is 1. The molecular formula is C10H12F4N2O2. The minimum Gasteiger partial charge on any atom is -0.448 e. The van der Waals surface area contributed by atoms with E-state index in [0.717, 1.165) is 0 Å². The van der Waals surface area contributed by atoms with Gasteiger partial charge >= 0.3 is 0 Å². The van der Waals surface area contributed by atoms with E-state index >= 15 is 0 Å². The highest BCUT2D eigenvalue weighted by Crippen LogP contribution is 2.33. The van der Waals surface area contributed by atoms with Crippen LogP contribution in [0.15, 0.2) is 10.2 Å². The highest BCUT2D eigenvalue weighted by Gasteiger charge is 2.53. The molecule has 8 heteroatoms. The lowest BCUT2D eigenvalue weighted by atomic mass is 9.86. The third-order valence-electron chi connectivity index (χ3n) is 2.64. The Hall–Kier alpha value is -1.47. The summed E-state index contributed by atoms with van der Waals surface area (Å²) in [6.07, 6.45) is -5.51. The summed E-state index contributed by atoms with van der Waals surface area (Å²) in [5, 5.41) is 6.11. The van der Waals surface area contributed by atoms with Crippen molar-refractivity contribution in [1.29, 1.82) is 0 Å². The average Bonchev–Trinajstić information content (AvgIpc) is 2.66. The van der Waals surface area contributed by atoms with Gasteiger partial charge in [-0.05, 0) is 12.8 Å². The standard InChI is InChI=1S/C10H12F4N2O2/c1-2-3-4-10(18-5-17)6(8(11)12)15-16-7(10)9(13)14/h5,8-9H,2-4H2,1H3. The fourth-order valence-electron chi connectivity index (χ4n) is 1.78. The number of hydrogen-bond donors (Lipinski definition) is 0. The maximum absolute atomic E-state index is 12.8. The number of carbonyl (C=O) groups is 1. The van der Waals surface area contributed by atoms with Gasteiger partial charge in [0.1, 0.15) is 0 Å². The Balaban J connectivity index is 3.14. The SMILES string of the molecule is CCCCC1(OC=O)C(C(F)F)=NN=C1C(F)F. The van der Waals surface area contributed by atoms with Crippen LogP contribution in [0.4, 0.5) is 17.6 Å². The molecule has 102 valence electrons. The van der Waals surface area contributed by atoms with Crippen LogP contribution in [0.2, 0.25) is 0 Å². The molecule has 0 aromatic heterocycles. The number of unbranched alkanes of at least 4 members (excludes halogenated alkanes) is 1. The van der Waals surface area contributed by atoms with Gasteiger partial charge in [-0.15, -0.1) is 10.2 Å². The van der Waals surface area contributed by atoms with E-state index < -0.39 is 29.9 Å². The molecule has 0 N–H and O–H groups in total. The summed E-state index contributed by atoms with van der Waals surface area (Å²) in [7, 11) is 0. The van der Waals surface area contributed by atoms with Crippen molar-refractivity contribution in [3.8, 4) is 0 Å². The van der Waals surface area contributed by atoms with Crippen molar-refractivity contribution in [2.45, 2.75) is 44.6 Å². The molecule has 1 aliphatic heterocycles. The molecular weight excluding hydrogens is 256 g/mol. The summed E-state index contributed by atoms with van der Waals surface area (Å²) >= 11 is 0. The van der Waals surface area contributed by atoms with Crippen LogP contribution in [-0.2, 0) is 9.53 Å². The van der Waals surface area contributed by atoms with Crippen LogP contribution in [-0.4, -0.2) is 36.3 Å². The van der Waals surface area contributed by atoms with Gasteiger partial charge in [0.25, 0.3) is 19.3 Å². The number of hydrogen-bond acceptors (Lipinski definition) is 4. The van der Waals surface area contributed by atoms with Gasteiger partial charge in [0.2, 0.25) is 5.60 Å². The van der Waals surface area contributed by atoms with Crippen molar-refractivity contribution in [2.75, 3.05) is 0 Å². The lowest BCUT2D eigenvalue weighted by Crippen LogP contribution is -2.51. The molecule has 1 rings (SSSR count). The quantitative estimate of drug-likeness (QED) is 0.526. The van der Waals surface area contributed by atoms with Crippen molar-refractivity contribution < 1.29 is 27.1 Å². The topological polar surface area (TPSA) is 51.0 Å². The Labute approximate surface area is 101 Å². The summed E-state index contributed by atoms with van der Waals surface area (Å²) in [4.78, 5) is 10.4. The van der Waals surface area contributed by atoms with Crippen LogP contribution in [0.1, 0.15) is 26.2 Å². The smallest absolute Gasteiger partial charge is 0.294 e. The third kappa shape index (κ3) is 2.51. The molecule has 4 nitrogen and oxygen atoms in total. The van der Waals surface area contributed by atoms with E-state index in [9.17, 15) is 22.4 Å². The van der Waals surface area contributed by atoms with Crippen molar-refractivity contribution >= 4 is 17.9 Å². The molecule has 0 aliphatic carbocycles. The molecule has 0 saturated carbocycles. The molecule has 0 amide bonds. The predicted octanol–water partition coefficient (Wildman–Crippen LogP) is 2.43. The Morgan fingerprint density at radius 1 is 1.22 bits per heavy atom. The van der Waals surface area contributed by atoms with Crippen LogP contribution < -0.4 is 0 Å². The normalized spacial score (nSPS) is 17.9. The molecule has 0 fully saturated rings. The lowest BCUT2D eigenvalue weighted by molar-refractivity contribution is -0.134. The molecule has 0 unspecified atom stereocenters. The van der Waals surface area contributed by atoms with Crippen LogP contribution in [0.25, 0.3) is 0 Å². The Morgan fingerprint density at radius 3 is 2.06 bits per heavy atom. The Bertz CT molecular complexity index is 345. The van der Waals surface area contributed by atoms with E-state index in [0.29, 0.717) is 12.8 Å². The number of rotatable bonds is 7. The van der Waals surface area contributed by atoms with Gasteiger partial charge in [-0.2, -0.15) is 0 Å². The van der Waals surface area contributed by atoms with Crippen molar-refractivity contribution in [1.82, 2.24) is 0 Å². The van der Waals surface area contributed by atoms with Gasteiger partial charge in [-0.3, -0.25) is 4.79 Å². The maximum Gasteiger partial charge on any atom is 0.294 e. The molecule has 0 aromatic rings. The molecule has 0 saturated heterocycles. The average molecular weight is 268 g/mol. The number of halogens is 4. The fraction of sp³-hybridized carbons (Fsp3) is 0.700. The molecule has 0 atom stereocenters. The maximum atomic E-state index is 12.8. The summed E-state index contributed by atoms with van der Waals surface area (Å²) in [5.41, 5.74) is -4.06. The van der Waals surface area contributed by atoms with E-state index in [2.05, 4.69) is 14.9 Å². The Morgan fingerprint density at radius 2 is 1.72 bits per heavy atom. The number of carbonyl (C=O) groups excluding carboxylic acids is 1. The number of nitrogens with zero attached hydrogens (tertiary/aromatic N) is 2. The van der Waals surface area contributed by atoms with E-state index in [4.69, 9.17) is 0 Å². The largest absolute Gasteiger partial charge is 0.448 e. The first-order valence-corrected chi connectivity index (χ1v) is 5.33. The van der Waals surface area contributed by atoms with E-state index in [1.54, 1.807) is 6.92 Å². The molecule has 1 heterocycles. The first-order valence-electron chi connectivity index (χ1n) is 5.33. The molecule has 0 aromatic carbocycles. The zero-order chi connectivity index (χ0) is 13.8. The second kappa shape index (κ2) is 5.92. The summed E-state index contributed by atoms with van der Waals surface area (Å²) in [6.45, 7) is 1.62. The zero-order valence-electron chi connectivity index (χ0n) is 9.58. The van der Waals surface area contributed by atoms with Crippen molar-refractivity contribution in [3.05, 3.63) is 0 Å². The van der Waals surface area contributed by atoms with Crippen molar-refractivity contribution in [2.24, 2.45) is 10.2 Å². The van der Waals surface area contributed by atoms with Gasteiger partial charge in [0, 0.05) is 0 Å². The molecule has 18 heavy (non-hydrogen) atoms. The molecule has 0 bridgehead atoms. The predicted molar refractivity (Wildman–Crippen MR) is 56.3 cm³/mol.